The minimum Gasteiger partial charge on any atom is -0.423 e. The van der Waals surface area contributed by atoms with Crippen molar-refractivity contribution in [2.24, 2.45) is 0 Å². The monoisotopic (exact) mass is 1510 g/mol. The molecule has 0 fully saturated rings. The van der Waals surface area contributed by atoms with Crippen LogP contribution in [0.3, 0.4) is 0 Å². The highest BCUT2D eigenvalue weighted by atomic mass is 35.5. The Kier molecular flexibility index (Phi) is 18.4. The molecule has 4 aromatic heterocycles. The lowest BCUT2D eigenvalue weighted by Gasteiger charge is -2.26. The van der Waals surface area contributed by atoms with E-state index in [-0.39, 0.29) is 0 Å². The highest BCUT2D eigenvalue weighted by molar-refractivity contribution is 6.58. The molecule has 0 spiro atoms. The maximum atomic E-state index is 9.55. The summed E-state index contributed by atoms with van der Waals surface area (Å²) < 4.78 is 4.69. The van der Waals surface area contributed by atoms with Crippen molar-refractivity contribution >= 4 is 167 Å². The number of nitrogens with zero attached hydrogens (tertiary/aromatic N) is 8. The third-order valence-electron chi connectivity index (χ3n) is 22.0. The fourth-order valence-electron chi connectivity index (χ4n) is 16.6. The minimum absolute atomic E-state index is 0.424. The van der Waals surface area contributed by atoms with Crippen LogP contribution < -0.4 is 15.3 Å². The summed E-state index contributed by atoms with van der Waals surface area (Å²) in [6.07, 6.45) is 3.51. The molecule has 0 aliphatic heterocycles. The van der Waals surface area contributed by atoms with Gasteiger partial charge in [0.1, 0.15) is 5.15 Å². The Bertz CT molecular complexity index is 7350. The summed E-state index contributed by atoms with van der Waals surface area (Å²) in [6, 6.07) is 140. The van der Waals surface area contributed by atoms with Gasteiger partial charge in [-0.15, -0.1) is 0 Å². The van der Waals surface area contributed by atoms with Gasteiger partial charge in [0.05, 0.1) is 62.2 Å². The van der Waals surface area contributed by atoms with Crippen LogP contribution in [0.1, 0.15) is 0 Å². The van der Waals surface area contributed by atoms with Crippen molar-refractivity contribution in [2.75, 3.05) is 9.80 Å². The van der Waals surface area contributed by atoms with E-state index in [0.717, 1.165) is 111 Å². The molecule has 18 aromatic carbocycles. The Morgan fingerprint density at radius 1 is 0.241 bits per heavy atom. The zero-order valence-electron chi connectivity index (χ0n) is 62.7. The molecule has 0 saturated carbocycles. The van der Waals surface area contributed by atoms with Crippen LogP contribution in [-0.4, -0.2) is 46.2 Å². The van der Waals surface area contributed by atoms with Crippen LogP contribution in [-0.2, 0) is 0 Å². The molecule has 0 saturated heterocycles. The van der Waals surface area contributed by atoms with Crippen molar-refractivity contribution in [3.8, 4) is 44.9 Å². The second kappa shape index (κ2) is 30.3. The van der Waals surface area contributed by atoms with Crippen LogP contribution in [0.25, 0.3) is 154 Å². The van der Waals surface area contributed by atoms with Gasteiger partial charge in [0.25, 0.3) is 0 Å². The van der Waals surface area contributed by atoms with E-state index in [0.29, 0.717) is 10.6 Å². The number of anilines is 6. The number of hydrogen-bond acceptors (Lipinski definition) is 8. The summed E-state index contributed by atoms with van der Waals surface area (Å²) >= 11 is 6.00. The summed E-state index contributed by atoms with van der Waals surface area (Å²) in [6.45, 7) is 0. The maximum Gasteiger partial charge on any atom is 0.488 e. The van der Waals surface area contributed by atoms with Crippen molar-refractivity contribution < 1.29 is 10.0 Å². The van der Waals surface area contributed by atoms with Crippen molar-refractivity contribution in [1.82, 2.24) is 29.1 Å². The topological polar surface area (TPSA) is 108 Å². The molecule has 0 atom stereocenters. The molecule has 116 heavy (non-hydrogen) atoms. The summed E-state index contributed by atoms with van der Waals surface area (Å²) in [7, 11) is -1.49. The second-order valence-corrected chi connectivity index (χ2v) is 29.2. The molecule has 2 N–H and O–H groups in total. The van der Waals surface area contributed by atoms with Gasteiger partial charge in [0.2, 0.25) is 0 Å². The van der Waals surface area contributed by atoms with Crippen molar-refractivity contribution in [3.63, 3.8) is 0 Å². The summed E-state index contributed by atoms with van der Waals surface area (Å²) in [5, 5.41) is 33.7. The fourth-order valence-corrected chi connectivity index (χ4v) is 16.7. The van der Waals surface area contributed by atoms with Gasteiger partial charge in [0, 0.05) is 94.2 Å². The third-order valence-corrected chi connectivity index (χ3v) is 22.2. The number of fused-ring (bicyclic) bond motifs is 18. The zero-order chi connectivity index (χ0) is 77.6. The lowest BCUT2D eigenvalue weighted by Crippen LogP contribution is -2.29. The van der Waals surface area contributed by atoms with Crippen molar-refractivity contribution in [1.29, 1.82) is 0 Å². The summed E-state index contributed by atoms with van der Waals surface area (Å²) in [5.74, 6) is 0. The van der Waals surface area contributed by atoms with Gasteiger partial charge in [-0.3, -0.25) is 9.97 Å². The lowest BCUT2D eigenvalue weighted by atomic mass is 9.80. The summed E-state index contributed by atoms with van der Waals surface area (Å²) in [4.78, 5) is 23.6. The van der Waals surface area contributed by atoms with Crippen molar-refractivity contribution in [2.45, 2.75) is 0 Å². The van der Waals surface area contributed by atoms with E-state index in [1.807, 2.05) is 66.9 Å². The van der Waals surface area contributed by atoms with Crippen LogP contribution in [0.15, 0.2) is 413 Å². The molecule has 0 unspecified atom stereocenters. The number of hydrogen-bond donors (Lipinski definition) is 2. The number of aromatic nitrogens is 6. The average Bonchev–Trinajstić information content (AvgIpc) is 1.07. The molecular weight excluding hydrogens is 1440 g/mol. The molecule has 0 aliphatic carbocycles. The van der Waals surface area contributed by atoms with E-state index in [2.05, 4.69) is 356 Å². The SMILES string of the molecule is Clc1cnc2c3ccccc3c3ccccc3c2n1.OB(O)c1ccc(N(c2ccccc2)c2ccc(-c3ccc4c(c3)c3ccccc3n4-c3ccccc3)cc2)cc1.c1ccc(N(c2ccc(-c3ccc4c(c3)c3ccccc3n4-c3ccccc3)cc2)c2ccc(-c3cnc4c5ccccc5c5ccccc5c4n3)cc2)cc1. The second-order valence-electron chi connectivity index (χ2n) is 28.8. The van der Waals surface area contributed by atoms with Gasteiger partial charge >= 0.3 is 7.12 Å². The molecule has 4 heterocycles. The lowest BCUT2D eigenvalue weighted by molar-refractivity contribution is 0.426. The molecule has 548 valence electrons. The van der Waals surface area contributed by atoms with E-state index in [1.54, 1.807) is 18.3 Å². The standard InChI is InChI=1S/C52H34N4.C36H27BN2O2.C16H9ClN2/c1-3-13-38(14-4-1)55(41-30-25-36(26-31-41)48-34-53-51-45-20-9-7-17-42(45)43-18-8-10-21-46(43)52(51)54-48)40-28-23-35(24-29-40)37-27-32-50-47(33-37)44-19-11-12-22-49(44)56(50)39-15-5-2-6-16-39;40-37(41)28-18-22-32(23-19-28)38(29-9-3-1-4-10-29)31-20-15-26(16-21-31)27-17-24-36-34(25-27)33-13-7-8-14-35(33)39(36)30-11-5-2-6-12-30;17-14-9-18-15-12-7-3-1-5-10(12)11-6-2-4-8-13(11)16(15)19-14/h1-34H;1-25,40-41H;1-9H. The molecule has 10 nitrogen and oxygen atoms in total. The largest absolute Gasteiger partial charge is 0.488 e. The fraction of sp³-hybridized carbons (Fsp3) is 0. The van der Waals surface area contributed by atoms with Gasteiger partial charge in [-0.2, -0.15) is 0 Å². The van der Waals surface area contributed by atoms with Crippen LogP contribution in [0.2, 0.25) is 5.15 Å². The smallest absolute Gasteiger partial charge is 0.423 e. The first-order valence-corrected chi connectivity index (χ1v) is 39.1. The van der Waals surface area contributed by atoms with Gasteiger partial charge < -0.3 is 29.0 Å². The molecule has 0 amide bonds. The van der Waals surface area contributed by atoms with E-state index in [1.165, 1.54) is 76.3 Å². The first kappa shape index (κ1) is 70.3. The number of benzene rings is 18. The van der Waals surface area contributed by atoms with Crippen LogP contribution in [0.5, 0.6) is 0 Å². The predicted molar refractivity (Wildman–Crippen MR) is 485 cm³/mol. The number of para-hydroxylation sites is 6. The van der Waals surface area contributed by atoms with Crippen molar-refractivity contribution in [3.05, 3.63) is 418 Å². The molecular formula is C104H70BClN8O2. The molecule has 12 heteroatoms. The van der Waals surface area contributed by atoms with Gasteiger partial charge in [-0.1, -0.05) is 279 Å². The Hall–Kier alpha value is -14.8. The Morgan fingerprint density at radius 2 is 0.534 bits per heavy atom. The van der Waals surface area contributed by atoms with Gasteiger partial charge in [-0.25, -0.2) is 9.97 Å². The number of rotatable bonds is 12. The summed E-state index contributed by atoms with van der Waals surface area (Å²) in [5.41, 5.74) is 23.9. The molecule has 0 radical (unpaired) electrons. The van der Waals surface area contributed by atoms with Gasteiger partial charge in [0.15, 0.2) is 0 Å². The highest BCUT2D eigenvalue weighted by Crippen LogP contribution is 2.43. The van der Waals surface area contributed by atoms with E-state index in [9.17, 15) is 10.0 Å². The Balaban J connectivity index is 0.000000126. The molecule has 0 aliphatic rings. The first-order chi connectivity index (χ1) is 57.3. The van der Waals surface area contributed by atoms with Crippen LogP contribution >= 0.6 is 11.6 Å². The molecule has 22 aromatic rings. The van der Waals surface area contributed by atoms with E-state index in [4.69, 9.17) is 21.6 Å². The predicted octanol–water partition coefficient (Wildman–Crippen LogP) is 26.0. The number of halogens is 1. The highest BCUT2D eigenvalue weighted by Gasteiger charge is 2.21. The van der Waals surface area contributed by atoms with E-state index < -0.39 is 7.12 Å². The average molecular weight is 1510 g/mol. The van der Waals surface area contributed by atoms with Crippen LogP contribution in [0.4, 0.5) is 34.1 Å². The Labute approximate surface area is 674 Å². The molecule has 22 rings (SSSR count). The third kappa shape index (κ3) is 13.0. The van der Waals surface area contributed by atoms with Crippen LogP contribution in [0, 0.1) is 0 Å². The first-order valence-electron chi connectivity index (χ1n) is 38.7. The maximum absolute atomic E-state index is 9.55. The molecule has 0 bridgehead atoms. The quantitative estimate of drug-likeness (QED) is 0.0920. The minimum atomic E-state index is -1.49. The normalized spacial score (nSPS) is 11.4. The zero-order valence-corrected chi connectivity index (χ0v) is 63.4. The Morgan fingerprint density at radius 3 is 0.931 bits per heavy atom. The van der Waals surface area contributed by atoms with Gasteiger partial charge in [-0.05, 0) is 183 Å². The van der Waals surface area contributed by atoms with E-state index >= 15 is 0 Å².